The second-order valence-electron chi connectivity index (χ2n) is 5.64. The third-order valence-corrected chi connectivity index (χ3v) is 3.79. The molecule has 0 radical (unpaired) electrons. The van der Waals surface area contributed by atoms with Crippen molar-refractivity contribution in [3.8, 4) is 16.9 Å². The number of aliphatic imine (C=N–C) groups is 1. The average molecular weight is 363 g/mol. The lowest BCUT2D eigenvalue weighted by Gasteiger charge is -2.09. The van der Waals surface area contributed by atoms with E-state index in [4.69, 9.17) is 20.6 Å². The number of rotatable bonds is 5. The molecule has 0 aliphatic carbocycles. The Morgan fingerprint density at radius 3 is 2.59 bits per heavy atom. The fraction of sp³-hybridized carbons (Fsp3) is 0.0500. The maximum absolute atomic E-state index is 12.4. The molecule has 7 heteroatoms. The van der Waals surface area contributed by atoms with Crippen molar-refractivity contribution in [2.45, 2.75) is 0 Å². The molecule has 0 saturated carbocycles. The fourth-order valence-electron chi connectivity index (χ4n) is 2.58. The van der Waals surface area contributed by atoms with E-state index in [0.29, 0.717) is 28.1 Å². The van der Waals surface area contributed by atoms with Gasteiger partial charge in [0.15, 0.2) is 0 Å². The van der Waals surface area contributed by atoms with Crippen LogP contribution in [0.25, 0.3) is 22.1 Å². The zero-order chi connectivity index (χ0) is 19.4. The third-order valence-electron chi connectivity index (χ3n) is 3.79. The monoisotopic (exact) mass is 363 g/mol. The van der Waals surface area contributed by atoms with Crippen molar-refractivity contribution in [1.82, 2.24) is 0 Å². The Morgan fingerprint density at radius 2 is 1.85 bits per heavy atom. The highest BCUT2D eigenvalue weighted by Crippen LogP contribution is 2.33. The van der Waals surface area contributed by atoms with E-state index in [0.717, 1.165) is 11.5 Å². The number of hydrogen-bond acceptors (Lipinski definition) is 5. The quantitative estimate of drug-likeness (QED) is 0.312. The molecule has 3 aromatic rings. The lowest BCUT2D eigenvalue weighted by Crippen LogP contribution is -2.11. The van der Waals surface area contributed by atoms with E-state index >= 15 is 0 Å². The Kier molecular flexibility index (Phi) is 5.03. The van der Waals surface area contributed by atoms with Gasteiger partial charge in [0.1, 0.15) is 17.2 Å². The van der Waals surface area contributed by atoms with Crippen molar-refractivity contribution in [2.24, 2.45) is 16.5 Å². The zero-order valence-electron chi connectivity index (χ0n) is 14.5. The summed E-state index contributed by atoms with van der Waals surface area (Å²) >= 11 is 0. The number of carbonyl (C=O) groups excluding carboxylic acids is 1. The molecule has 0 spiro atoms. The highest BCUT2D eigenvalue weighted by molar-refractivity contribution is 5.99. The van der Waals surface area contributed by atoms with Crippen LogP contribution in [0.5, 0.6) is 5.75 Å². The summed E-state index contributed by atoms with van der Waals surface area (Å²) in [7, 11) is 1.49. The largest absolute Gasteiger partial charge is 0.496 e. The molecule has 27 heavy (non-hydrogen) atoms. The van der Waals surface area contributed by atoms with Gasteiger partial charge in [0.2, 0.25) is 5.91 Å². The van der Waals surface area contributed by atoms with E-state index in [1.54, 1.807) is 36.4 Å². The Hall–Kier alpha value is -3.87. The predicted molar refractivity (Wildman–Crippen MR) is 104 cm³/mol. The van der Waals surface area contributed by atoms with E-state index in [1.165, 1.54) is 13.2 Å². The third kappa shape index (κ3) is 4.04. The highest BCUT2D eigenvalue weighted by atomic mass is 16.5. The van der Waals surface area contributed by atoms with E-state index < -0.39 is 11.5 Å². The molecule has 0 saturated heterocycles. The molecule has 0 bridgehead atoms. The summed E-state index contributed by atoms with van der Waals surface area (Å²) in [6, 6.07) is 14.0. The van der Waals surface area contributed by atoms with Gasteiger partial charge in [-0.05, 0) is 30.3 Å². The summed E-state index contributed by atoms with van der Waals surface area (Å²) < 4.78 is 10.8. The average Bonchev–Trinajstić information content (AvgIpc) is 2.66. The molecule has 1 amide bonds. The summed E-state index contributed by atoms with van der Waals surface area (Å²) in [5.41, 5.74) is 12.2. The van der Waals surface area contributed by atoms with E-state index in [-0.39, 0.29) is 5.84 Å². The van der Waals surface area contributed by atoms with Gasteiger partial charge >= 0.3 is 5.63 Å². The van der Waals surface area contributed by atoms with Crippen molar-refractivity contribution in [1.29, 1.82) is 0 Å². The van der Waals surface area contributed by atoms with Crippen LogP contribution in [0.2, 0.25) is 0 Å². The normalized spacial score (nSPS) is 11.8. The van der Waals surface area contributed by atoms with Crippen LogP contribution in [0.3, 0.4) is 0 Å². The van der Waals surface area contributed by atoms with E-state index in [1.807, 2.05) is 12.1 Å². The van der Waals surface area contributed by atoms with Crippen molar-refractivity contribution in [3.05, 3.63) is 71.1 Å². The number of hydrogen-bond donors (Lipinski definition) is 2. The molecule has 0 unspecified atom stereocenters. The summed E-state index contributed by atoms with van der Waals surface area (Å²) in [5, 5.41) is 0.803. The second-order valence-corrected chi connectivity index (χ2v) is 5.64. The first kappa shape index (κ1) is 17.9. The summed E-state index contributed by atoms with van der Waals surface area (Å²) in [6.07, 6.45) is 2.42. The zero-order valence-corrected chi connectivity index (χ0v) is 14.5. The number of amidine groups is 1. The van der Waals surface area contributed by atoms with Crippen LogP contribution in [-0.4, -0.2) is 18.9 Å². The van der Waals surface area contributed by atoms with Gasteiger partial charge in [-0.3, -0.25) is 4.79 Å². The van der Waals surface area contributed by atoms with Crippen molar-refractivity contribution in [3.63, 3.8) is 0 Å². The maximum atomic E-state index is 12.4. The predicted octanol–water partition coefficient (Wildman–Crippen LogP) is 2.50. The van der Waals surface area contributed by atoms with Gasteiger partial charge < -0.3 is 20.6 Å². The van der Waals surface area contributed by atoms with Crippen LogP contribution in [0.15, 0.2) is 74.9 Å². The molecule has 0 fully saturated rings. The molecule has 3 rings (SSSR count). The van der Waals surface area contributed by atoms with Gasteiger partial charge in [0.25, 0.3) is 0 Å². The Morgan fingerprint density at radius 1 is 1.07 bits per heavy atom. The number of para-hydroxylation sites is 1. The number of nitrogens with zero attached hydrogens (tertiary/aromatic N) is 1. The molecule has 0 atom stereocenters. The molecule has 2 aromatic carbocycles. The van der Waals surface area contributed by atoms with Crippen LogP contribution < -0.4 is 21.8 Å². The lowest BCUT2D eigenvalue weighted by molar-refractivity contribution is -0.113. The van der Waals surface area contributed by atoms with Crippen LogP contribution in [-0.2, 0) is 4.79 Å². The fourth-order valence-corrected chi connectivity index (χ4v) is 2.58. The number of benzene rings is 2. The standard InChI is InChI=1S/C20H17N3O4/c1-26-17-11-13(23-18(21)8-9-19(22)24)6-7-14(17)15-10-12-4-2-3-5-16(12)27-20(15)25/h2-11H,1H3,(H2,21,23)(H2,22,24). The Bertz CT molecular complexity index is 1130. The molecular weight excluding hydrogens is 346 g/mol. The molecule has 136 valence electrons. The first-order valence-electron chi connectivity index (χ1n) is 8.01. The maximum Gasteiger partial charge on any atom is 0.344 e. The molecule has 1 aromatic heterocycles. The summed E-state index contributed by atoms with van der Waals surface area (Å²) in [5.74, 6) is -0.0801. The van der Waals surface area contributed by atoms with Gasteiger partial charge in [-0.15, -0.1) is 0 Å². The van der Waals surface area contributed by atoms with E-state index in [2.05, 4.69) is 4.99 Å². The molecular formula is C20H17N3O4. The van der Waals surface area contributed by atoms with Crippen LogP contribution >= 0.6 is 0 Å². The van der Waals surface area contributed by atoms with Gasteiger partial charge in [-0.1, -0.05) is 18.2 Å². The Balaban J connectivity index is 2.05. The first-order chi connectivity index (χ1) is 13.0. The van der Waals surface area contributed by atoms with Gasteiger partial charge in [-0.25, -0.2) is 9.79 Å². The van der Waals surface area contributed by atoms with Gasteiger partial charge in [0, 0.05) is 23.1 Å². The summed E-state index contributed by atoms with van der Waals surface area (Å²) in [4.78, 5) is 27.3. The summed E-state index contributed by atoms with van der Waals surface area (Å²) in [6.45, 7) is 0. The molecule has 0 aliphatic heterocycles. The highest BCUT2D eigenvalue weighted by Gasteiger charge is 2.13. The number of carbonyl (C=O) groups is 1. The van der Waals surface area contributed by atoms with Crippen LogP contribution in [0.1, 0.15) is 0 Å². The molecule has 0 aliphatic rings. The molecule has 1 heterocycles. The number of fused-ring (bicyclic) bond motifs is 1. The molecule has 7 nitrogen and oxygen atoms in total. The lowest BCUT2D eigenvalue weighted by atomic mass is 10.0. The number of ether oxygens (including phenoxy) is 1. The van der Waals surface area contributed by atoms with E-state index in [9.17, 15) is 9.59 Å². The minimum atomic E-state index is -0.621. The Labute approximate surface area is 154 Å². The van der Waals surface area contributed by atoms with Crippen molar-refractivity contribution < 1.29 is 13.9 Å². The topological polar surface area (TPSA) is 121 Å². The minimum absolute atomic E-state index is 0.105. The van der Waals surface area contributed by atoms with Crippen LogP contribution in [0, 0.1) is 0 Å². The number of amides is 1. The smallest absolute Gasteiger partial charge is 0.344 e. The van der Waals surface area contributed by atoms with Gasteiger partial charge in [0.05, 0.1) is 18.4 Å². The minimum Gasteiger partial charge on any atom is -0.496 e. The SMILES string of the molecule is COc1cc(N=C(N)C=CC(N)=O)ccc1-c1cc2ccccc2oc1=O. The first-order valence-corrected chi connectivity index (χ1v) is 8.01. The van der Waals surface area contributed by atoms with Crippen molar-refractivity contribution in [2.75, 3.05) is 7.11 Å². The number of methoxy groups -OCH3 is 1. The van der Waals surface area contributed by atoms with Crippen LogP contribution in [0.4, 0.5) is 5.69 Å². The number of nitrogens with two attached hydrogens (primary N) is 2. The molecule has 4 N–H and O–H groups in total. The second kappa shape index (κ2) is 7.57. The van der Waals surface area contributed by atoms with Crippen molar-refractivity contribution >= 4 is 28.4 Å². The van der Waals surface area contributed by atoms with Gasteiger partial charge in [-0.2, -0.15) is 0 Å². The number of primary amides is 1.